The van der Waals surface area contributed by atoms with Crippen molar-refractivity contribution in [2.75, 3.05) is 39.3 Å². The van der Waals surface area contributed by atoms with Gasteiger partial charge >= 0.3 is 0 Å². The van der Waals surface area contributed by atoms with E-state index in [0.29, 0.717) is 24.0 Å². The predicted molar refractivity (Wildman–Crippen MR) is 106 cm³/mol. The number of carbonyl (C=O) groups excluding carboxylic acids is 1. The quantitative estimate of drug-likeness (QED) is 0.789. The Bertz CT molecular complexity index is 762. The van der Waals surface area contributed by atoms with Crippen LogP contribution >= 0.6 is 0 Å². The Morgan fingerprint density at radius 3 is 2.50 bits per heavy atom. The van der Waals surface area contributed by atoms with E-state index in [0.717, 1.165) is 58.7 Å². The van der Waals surface area contributed by atoms with Gasteiger partial charge in [0, 0.05) is 58.2 Å². The maximum atomic E-state index is 12.6. The third-order valence-corrected chi connectivity index (χ3v) is 5.79. The summed E-state index contributed by atoms with van der Waals surface area (Å²) in [5.74, 6) is 1.34. The molecule has 4 rings (SSSR count). The zero-order valence-corrected chi connectivity index (χ0v) is 16.6. The van der Waals surface area contributed by atoms with Gasteiger partial charge in [-0.25, -0.2) is 4.98 Å². The van der Waals surface area contributed by atoms with Crippen LogP contribution in [-0.2, 0) is 13.1 Å². The molecule has 0 aliphatic carbocycles. The topological polar surface area (TPSA) is 65.7 Å². The SMILES string of the molecule is CC1CCN(C(=O)c2coc(CN3CCN(Cc4cccnc4)CC3)n2)CC1. The lowest BCUT2D eigenvalue weighted by Gasteiger charge is -2.33. The number of pyridine rings is 1. The maximum absolute atomic E-state index is 12.6. The standard InChI is InChI=1S/C21H29N5O2/c1-17-4-7-26(8-5-17)21(27)19-16-28-20(23-19)15-25-11-9-24(10-12-25)14-18-3-2-6-22-13-18/h2-3,6,13,16-17H,4-5,7-12,14-15H2,1H3. The molecule has 0 unspecified atom stereocenters. The van der Waals surface area contributed by atoms with Gasteiger partial charge in [0.1, 0.15) is 6.26 Å². The Hall–Kier alpha value is -2.25. The van der Waals surface area contributed by atoms with E-state index in [9.17, 15) is 4.79 Å². The summed E-state index contributed by atoms with van der Waals surface area (Å²) < 4.78 is 5.60. The van der Waals surface area contributed by atoms with E-state index in [2.05, 4.69) is 32.8 Å². The first-order valence-corrected chi connectivity index (χ1v) is 10.2. The highest BCUT2D eigenvalue weighted by Crippen LogP contribution is 2.18. The molecule has 2 aromatic heterocycles. The van der Waals surface area contributed by atoms with Gasteiger partial charge in [-0.3, -0.25) is 19.6 Å². The van der Waals surface area contributed by atoms with Crippen molar-refractivity contribution >= 4 is 5.91 Å². The fourth-order valence-electron chi connectivity index (χ4n) is 3.90. The lowest BCUT2D eigenvalue weighted by Crippen LogP contribution is -2.45. The molecule has 0 N–H and O–H groups in total. The minimum atomic E-state index is 0.00295. The first-order valence-electron chi connectivity index (χ1n) is 10.2. The molecule has 2 fully saturated rings. The predicted octanol–water partition coefficient (Wildman–Crippen LogP) is 2.26. The molecule has 7 heteroatoms. The fourth-order valence-corrected chi connectivity index (χ4v) is 3.90. The van der Waals surface area contributed by atoms with E-state index in [4.69, 9.17) is 4.42 Å². The summed E-state index contributed by atoms with van der Waals surface area (Å²) in [6, 6.07) is 4.10. The lowest BCUT2D eigenvalue weighted by atomic mass is 9.99. The van der Waals surface area contributed by atoms with E-state index in [1.165, 1.54) is 11.8 Å². The number of carbonyl (C=O) groups is 1. The van der Waals surface area contributed by atoms with Crippen LogP contribution in [0.2, 0.25) is 0 Å². The van der Waals surface area contributed by atoms with Crippen LogP contribution in [0.1, 0.15) is 41.7 Å². The van der Waals surface area contributed by atoms with Gasteiger partial charge in [-0.1, -0.05) is 13.0 Å². The molecule has 0 aromatic carbocycles. The average Bonchev–Trinajstić information content (AvgIpc) is 3.19. The molecule has 28 heavy (non-hydrogen) atoms. The molecule has 1 amide bonds. The number of aromatic nitrogens is 2. The number of oxazole rings is 1. The van der Waals surface area contributed by atoms with Gasteiger partial charge in [0.05, 0.1) is 6.54 Å². The summed E-state index contributed by atoms with van der Waals surface area (Å²) in [7, 11) is 0. The molecule has 2 aromatic rings. The summed E-state index contributed by atoms with van der Waals surface area (Å²) in [5, 5.41) is 0. The van der Waals surface area contributed by atoms with Crippen LogP contribution < -0.4 is 0 Å². The number of piperidine rings is 1. The molecule has 0 saturated carbocycles. The summed E-state index contributed by atoms with van der Waals surface area (Å²) in [5.41, 5.74) is 1.69. The van der Waals surface area contributed by atoms with Crippen molar-refractivity contribution in [2.45, 2.75) is 32.9 Å². The van der Waals surface area contributed by atoms with E-state index in [1.807, 2.05) is 23.4 Å². The van der Waals surface area contributed by atoms with Gasteiger partial charge in [0.15, 0.2) is 5.69 Å². The molecule has 2 aliphatic rings. The molecule has 2 saturated heterocycles. The van der Waals surface area contributed by atoms with E-state index >= 15 is 0 Å². The summed E-state index contributed by atoms with van der Waals surface area (Å²) in [4.78, 5) is 27.9. The zero-order chi connectivity index (χ0) is 19.3. The summed E-state index contributed by atoms with van der Waals surface area (Å²) in [6.45, 7) is 9.43. The van der Waals surface area contributed by atoms with Crippen molar-refractivity contribution in [2.24, 2.45) is 5.92 Å². The molecule has 0 atom stereocenters. The molecule has 0 bridgehead atoms. The monoisotopic (exact) mass is 383 g/mol. The number of amides is 1. The largest absolute Gasteiger partial charge is 0.447 e. The third kappa shape index (κ3) is 4.77. The van der Waals surface area contributed by atoms with Crippen LogP contribution in [-0.4, -0.2) is 69.8 Å². The third-order valence-electron chi connectivity index (χ3n) is 5.79. The molecule has 4 heterocycles. The number of nitrogens with zero attached hydrogens (tertiary/aromatic N) is 5. The van der Waals surface area contributed by atoms with Gasteiger partial charge in [-0.15, -0.1) is 0 Å². The minimum absolute atomic E-state index is 0.00295. The second kappa shape index (κ2) is 8.84. The van der Waals surface area contributed by atoms with Crippen molar-refractivity contribution in [1.82, 2.24) is 24.7 Å². The van der Waals surface area contributed by atoms with Crippen molar-refractivity contribution in [3.63, 3.8) is 0 Å². The van der Waals surface area contributed by atoms with Crippen molar-refractivity contribution in [3.05, 3.63) is 47.9 Å². The van der Waals surface area contributed by atoms with Crippen LogP contribution in [0.3, 0.4) is 0 Å². The number of hydrogen-bond donors (Lipinski definition) is 0. The highest BCUT2D eigenvalue weighted by molar-refractivity contribution is 5.92. The van der Waals surface area contributed by atoms with Crippen LogP contribution in [0.5, 0.6) is 0 Å². The molecule has 2 aliphatic heterocycles. The molecular formula is C21H29N5O2. The second-order valence-electron chi connectivity index (χ2n) is 8.01. The number of rotatable bonds is 5. The van der Waals surface area contributed by atoms with E-state index < -0.39 is 0 Å². The number of hydrogen-bond acceptors (Lipinski definition) is 6. The normalized spacial score (nSPS) is 19.8. The van der Waals surface area contributed by atoms with Gasteiger partial charge in [0.2, 0.25) is 5.89 Å². The number of piperazine rings is 1. The fraction of sp³-hybridized carbons (Fsp3) is 0.571. The molecule has 150 valence electrons. The van der Waals surface area contributed by atoms with Gasteiger partial charge in [-0.05, 0) is 30.4 Å². The molecule has 7 nitrogen and oxygen atoms in total. The average molecular weight is 383 g/mol. The summed E-state index contributed by atoms with van der Waals surface area (Å²) >= 11 is 0. The van der Waals surface area contributed by atoms with Gasteiger partial charge in [-0.2, -0.15) is 0 Å². The Balaban J connectivity index is 1.25. The van der Waals surface area contributed by atoms with Crippen LogP contribution in [0.25, 0.3) is 0 Å². The minimum Gasteiger partial charge on any atom is -0.447 e. The highest BCUT2D eigenvalue weighted by atomic mass is 16.3. The van der Waals surface area contributed by atoms with Crippen LogP contribution in [0.4, 0.5) is 0 Å². The molecule has 0 radical (unpaired) electrons. The maximum Gasteiger partial charge on any atom is 0.275 e. The highest BCUT2D eigenvalue weighted by Gasteiger charge is 2.25. The molecule has 0 spiro atoms. The van der Waals surface area contributed by atoms with Crippen molar-refractivity contribution in [3.8, 4) is 0 Å². The smallest absolute Gasteiger partial charge is 0.275 e. The van der Waals surface area contributed by atoms with Gasteiger partial charge < -0.3 is 9.32 Å². The first kappa shape index (κ1) is 19.1. The Morgan fingerprint density at radius 2 is 1.82 bits per heavy atom. The van der Waals surface area contributed by atoms with E-state index in [-0.39, 0.29) is 5.91 Å². The van der Waals surface area contributed by atoms with E-state index in [1.54, 1.807) is 0 Å². The summed E-state index contributed by atoms with van der Waals surface area (Å²) in [6.07, 6.45) is 7.40. The Labute approximate surface area is 166 Å². The Morgan fingerprint density at radius 1 is 1.11 bits per heavy atom. The van der Waals surface area contributed by atoms with Crippen molar-refractivity contribution < 1.29 is 9.21 Å². The van der Waals surface area contributed by atoms with Crippen molar-refractivity contribution in [1.29, 1.82) is 0 Å². The van der Waals surface area contributed by atoms with Crippen LogP contribution in [0.15, 0.2) is 35.2 Å². The lowest BCUT2D eigenvalue weighted by molar-refractivity contribution is 0.0691. The number of likely N-dealkylation sites (tertiary alicyclic amines) is 1. The second-order valence-corrected chi connectivity index (χ2v) is 8.01. The van der Waals surface area contributed by atoms with Gasteiger partial charge in [0.25, 0.3) is 5.91 Å². The first-order chi connectivity index (χ1) is 13.7. The van der Waals surface area contributed by atoms with Crippen LogP contribution in [0, 0.1) is 5.92 Å². The Kier molecular flexibility index (Phi) is 6.02. The molecular weight excluding hydrogens is 354 g/mol. The zero-order valence-electron chi connectivity index (χ0n) is 16.6.